The normalized spacial score (nSPS) is 24.6. The maximum absolute atomic E-state index is 12.8. The Bertz CT molecular complexity index is 836. The summed E-state index contributed by atoms with van der Waals surface area (Å²) < 4.78 is 5.46. The molecule has 0 saturated carbocycles. The molecular weight excluding hydrogens is 340 g/mol. The maximum atomic E-state index is 12.8. The van der Waals surface area contributed by atoms with Crippen molar-refractivity contribution < 1.29 is 9.53 Å². The summed E-state index contributed by atoms with van der Waals surface area (Å²) in [6.07, 6.45) is 3.93. The summed E-state index contributed by atoms with van der Waals surface area (Å²) in [5, 5.41) is 1.19. The zero-order valence-corrected chi connectivity index (χ0v) is 15.6. The van der Waals surface area contributed by atoms with Crippen LogP contribution in [-0.2, 0) is 11.3 Å². The lowest BCUT2D eigenvalue weighted by Crippen LogP contribution is -2.51. The van der Waals surface area contributed by atoms with Crippen molar-refractivity contribution in [1.29, 1.82) is 0 Å². The van der Waals surface area contributed by atoms with Gasteiger partial charge in [0.25, 0.3) is 0 Å². The maximum Gasteiger partial charge on any atom is 0.320 e. The Labute approximate surface area is 159 Å². The highest BCUT2D eigenvalue weighted by Crippen LogP contribution is 2.27. The fraction of sp³-hybridized carbons (Fsp3) is 0.524. The van der Waals surface area contributed by atoms with Crippen molar-refractivity contribution in [1.82, 2.24) is 19.7 Å². The molecule has 4 heterocycles. The summed E-state index contributed by atoms with van der Waals surface area (Å²) in [4.78, 5) is 24.1. The topological polar surface area (TPSA) is 48.9 Å². The van der Waals surface area contributed by atoms with Gasteiger partial charge in [0.1, 0.15) is 0 Å². The van der Waals surface area contributed by atoms with E-state index in [1.165, 1.54) is 10.9 Å². The summed E-state index contributed by atoms with van der Waals surface area (Å²) in [6, 6.07) is 11.4. The number of benzene rings is 1. The number of nitrogens with zero attached hydrogens (tertiary/aromatic N) is 4. The molecule has 0 spiro atoms. The van der Waals surface area contributed by atoms with Gasteiger partial charge in [0, 0.05) is 63.6 Å². The Hall–Kier alpha value is -2.18. The monoisotopic (exact) mass is 366 g/mol. The average molecular weight is 366 g/mol. The summed E-state index contributed by atoms with van der Waals surface area (Å²) >= 11 is 0. The van der Waals surface area contributed by atoms with Gasteiger partial charge in [0.2, 0.25) is 0 Å². The molecule has 1 aromatic heterocycles. The van der Waals surface area contributed by atoms with Gasteiger partial charge in [-0.2, -0.15) is 0 Å². The minimum Gasteiger partial charge on any atom is -0.381 e. The molecule has 6 heteroatoms. The highest BCUT2D eigenvalue weighted by Gasteiger charge is 2.43. The lowest BCUT2D eigenvalue weighted by molar-refractivity contribution is 0.0504. The zero-order valence-electron chi connectivity index (χ0n) is 15.6. The smallest absolute Gasteiger partial charge is 0.320 e. The van der Waals surface area contributed by atoms with Crippen LogP contribution in [0.15, 0.2) is 36.5 Å². The number of aromatic nitrogens is 1. The van der Waals surface area contributed by atoms with Gasteiger partial charge in [-0.05, 0) is 30.5 Å². The molecule has 1 atom stereocenters. The summed E-state index contributed by atoms with van der Waals surface area (Å²) in [7, 11) is 0. The van der Waals surface area contributed by atoms with Gasteiger partial charge in [-0.1, -0.05) is 18.2 Å². The number of pyridine rings is 1. The largest absolute Gasteiger partial charge is 0.381 e. The highest BCUT2D eigenvalue weighted by molar-refractivity contribution is 5.79. The molecule has 1 aromatic carbocycles. The molecule has 0 bridgehead atoms. The molecule has 0 N–H and O–H groups in total. The molecule has 2 amide bonds. The molecule has 3 aliphatic heterocycles. The van der Waals surface area contributed by atoms with Crippen LogP contribution in [0, 0.1) is 0 Å². The number of hydrogen-bond acceptors (Lipinski definition) is 4. The van der Waals surface area contributed by atoms with Crippen LogP contribution in [0.25, 0.3) is 10.9 Å². The third-order valence-electron chi connectivity index (χ3n) is 6.15. The number of carbonyl (C=O) groups excluding carboxylic acids is 1. The van der Waals surface area contributed by atoms with Crippen LogP contribution in [0.1, 0.15) is 18.4 Å². The Morgan fingerprint density at radius 1 is 1.04 bits per heavy atom. The summed E-state index contributed by atoms with van der Waals surface area (Å²) in [5.41, 5.74) is 2.28. The number of piperazine rings is 1. The molecule has 1 unspecified atom stereocenters. The van der Waals surface area contributed by atoms with E-state index >= 15 is 0 Å². The van der Waals surface area contributed by atoms with Gasteiger partial charge in [-0.3, -0.25) is 9.88 Å². The van der Waals surface area contributed by atoms with Crippen LogP contribution < -0.4 is 0 Å². The average Bonchev–Trinajstić information content (AvgIpc) is 3.04. The first-order valence-electron chi connectivity index (χ1n) is 9.99. The number of urea groups is 1. The van der Waals surface area contributed by atoms with Crippen LogP contribution in [0.2, 0.25) is 0 Å². The fourth-order valence-electron chi connectivity index (χ4n) is 4.70. The lowest BCUT2D eigenvalue weighted by Gasteiger charge is -2.36. The van der Waals surface area contributed by atoms with Crippen molar-refractivity contribution >= 4 is 16.9 Å². The molecular formula is C21H26N4O2. The summed E-state index contributed by atoms with van der Waals surface area (Å²) in [5.74, 6) is 0. The van der Waals surface area contributed by atoms with Crippen molar-refractivity contribution in [3.05, 3.63) is 42.1 Å². The van der Waals surface area contributed by atoms with Crippen LogP contribution in [0.3, 0.4) is 0 Å². The molecule has 3 aliphatic rings. The van der Waals surface area contributed by atoms with Crippen molar-refractivity contribution in [3.8, 4) is 0 Å². The molecule has 27 heavy (non-hydrogen) atoms. The Morgan fingerprint density at radius 2 is 1.89 bits per heavy atom. The number of rotatable bonds is 3. The quantitative estimate of drug-likeness (QED) is 0.837. The van der Waals surface area contributed by atoms with E-state index < -0.39 is 0 Å². The number of fused-ring (bicyclic) bond motifs is 2. The molecule has 142 valence electrons. The Balaban J connectivity index is 1.25. The van der Waals surface area contributed by atoms with E-state index in [1.54, 1.807) is 0 Å². The Morgan fingerprint density at radius 3 is 2.78 bits per heavy atom. The SMILES string of the molecule is O=C1N2CCN(Cc3cnc4ccccc4c3)CC2CN1C1CCOCC1. The predicted molar refractivity (Wildman–Crippen MR) is 103 cm³/mol. The number of amides is 2. The van der Waals surface area contributed by atoms with Gasteiger partial charge < -0.3 is 14.5 Å². The van der Waals surface area contributed by atoms with Gasteiger partial charge >= 0.3 is 6.03 Å². The van der Waals surface area contributed by atoms with E-state index in [2.05, 4.69) is 37.9 Å². The molecule has 0 radical (unpaired) electrons. The molecule has 0 aliphatic carbocycles. The minimum atomic E-state index is 0.235. The number of para-hydroxylation sites is 1. The first-order chi connectivity index (χ1) is 13.3. The molecule has 5 rings (SSSR count). The van der Waals surface area contributed by atoms with E-state index in [0.717, 1.165) is 64.3 Å². The lowest BCUT2D eigenvalue weighted by atomic mass is 10.1. The summed E-state index contributed by atoms with van der Waals surface area (Å²) in [6.45, 7) is 6.00. The van der Waals surface area contributed by atoms with Crippen LogP contribution in [0.5, 0.6) is 0 Å². The molecule has 3 fully saturated rings. The van der Waals surface area contributed by atoms with Crippen LogP contribution in [0.4, 0.5) is 4.79 Å². The van der Waals surface area contributed by atoms with Crippen molar-refractivity contribution in [2.45, 2.75) is 31.5 Å². The van der Waals surface area contributed by atoms with E-state index in [9.17, 15) is 4.79 Å². The second kappa shape index (κ2) is 7.09. The second-order valence-electron chi connectivity index (χ2n) is 7.90. The van der Waals surface area contributed by atoms with Crippen molar-refractivity contribution in [2.24, 2.45) is 0 Å². The number of ether oxygens (including phenoxy) is 1. The van der Waals surface area contributed by atoms with Gasteiger partial charge in [-0.15, -0.1) is 0 Å². The van der Waals surface area contributed by atoms with Gasteiger partial charge in [0.15, 0.2) is 0 Å². The number of hydrogen-bond donors (Lipinski definition) is 0. The van der Waals surface area contributed by atoms with Gasteiger partial charge in [-0.25, -0.2) is 4.79 Å². The van der Waals surface area contributed by atoms with Crippen molar-refractivity contribution in [3.63, 3.8) is 0 Å². The van der Waals surface area contributed by atoms with E-state index in [-0.39, 0.29) is 6.03 Å². The van der Waals surface area contributed by atoms with Gasteiger partial charge in [0.05, 0.1) is 11.6 Å². The van der Waals surface area contributed by atoms with Crippen molar-refractivity contribution in [2.75, 3.05) is 39.4 Å². The standard InChI is InChI=1S/C21H26N4O2/c26-21-24-8-7-23(13-16-11-17-3-1-2-4-20(17)22-12-16)14-19(24)15-25(21)18-5-9-27-10-6-18/h1-4,11-12,18-19H,5-10,13-15H2. The first kappa shape index (κ1) is 17.0. The first-order valence-corrected chi connectivity index (χ1v) is 9.99. The molecule has 2 aromatic rings. The van der Waals surface area contributed by atoms with Crippen LogP contribution >= 0.6 is 0 Å². The molecule has 3 saturated heterocycles. The number of carbonyl (C=O) groups is 1. The van der Waals surface area contributed by atoms with E-state index in [4.69, 9.17) is 4.74 Å². The third-order valence-corrected chi connectivity index (χ3v) is 6.15. The predicted octanol–water partition coefficient (Wildman–Crippen LogP) is 2.34. The third kappa shape index (κ3) is 3.28. The van der Waals surface area contributed by atoms with Crippen LogP contribution in [-0.4, -0.2) is 77.2 Å². The molecule has 6 nitrogen and oxygen atoms in total. The Kier molecular flexibility index (Phi) is 4.45. The fourth-order valence-corrected chi connectivity index (χ4v) is 4.70. The van der Waals surface area contributed by atoms with E-state index in [1.807, 2.05) is 18.3 Å². The highest BCUT2D eigenvalue weighted by atomic mass is 16.5. The van der Waals surface area contributed by atoms with E-state index in [0.29, 0.717) is 12.1 Å². The second-order valence-corrected chi connectivity index (χ2v) is 7.90. The zero-order chi connectivity index (χ0) is 18.2. The minimum absolute atomic E-state index is 0.235.